The van der Waals surface area contributed by atoms with Crippen LogP contribution in [0.3, 0.4) is 0 Å². The molecule has 1 aliphatic heterocycles. The standard InChI is InChI=1S/C14H14ClN3O2S/c15-9-3-2-8(14(12(16)20)4-1-5-14)6-10(9)17-13-18-11(19)7-21-13/h2-3,6H,1,4-5,7H2,(H2,16,20)(H,17,18,19). The van der Waals surface area contributed by atoms with Gasteiger partial charge in [0.15, 0.2) is 5.17 Å². The van der Waals surface area contributed by atoms with E-state index in [9.17, 15) is 9.59 Å². The number of hydrogen-bond donors (Lipinski definition) is 2. The molecule has 3 N–H and O–H groups in total. The molecule has 0 radical (unpaired) electrons. The van der Waals surface area contributed by atoms with E-state index in [-0.39, 0.29) is 11.8 Å². The fourth-order valence-corrected chi connectivity index (χ4v) is 3.45. The van der Waals surface area contributed by atoms with Crippen LogP contribution in [0, 0.1) is 0 Å². The van der Waals surface area contributed by atoms with Crippen molar-refractivity contribution in [3.8, 4) is 0 Å². The van der Waals surface area contributed by atoms with Gasteiger partial charge in [-0.15, -0.1) is 0 Å². The van der Waals surface area contributed by atoms with Crippen molar-refractivity contribution in [1.29, 1.82) is 0 Å². The maximum absolute atomic E-state index is 11.8. The van der Waals surface area contributed by atoms with E-state index >= 15 is 0 Å². The van der Waals surface area contributed by atoms with Gasteiger partial charge in [0.2, 0.25) is 11.8 Å². The maximum atomic E-state index is 11.8. The highest BCUT2D eigenvalue weighted by atomic mass is 35.5. The van der Waals surface area contributed by atoms with Crippen LogP contribution in [0.15, 0.2) is 23.2 Å². The molecule has 7 heteroatoms. The number of carbonyl (C=O) groups is 2. The second-order valence-corrected chi connectivity index (χ2v) is 6.59. The smallest absolute Gasteiger partial charge is 0.236 e. The molecular formula is C14H14ClN3O2S. The van der Waals surface area contributed by atoms with E-state index in [2.05, 4.69) is 10.3 Å². The normalized spacial score (nSPS) is 22.0. The predicted molar refractivity (Wildman–Crippen MR) is 83.9 cm³/mol. The molecule has 0 aromatic heterocycles. The minimum absolute atomic E-state index is 0.0707. The van der Waals surface area contributed by atoms with Crippen molar-refractivity contribution in [2.45, 2.75) is 24.7 Å². The van der Waals surface area contributed by atoms with Crippen LogP contribution in [0.2, 0.25) is 5.02 Å². The van der Waals surface area contributed by atoms with Gasteiger partial charge in [0, 0.05) is 0 Å². The Kier molecular flexibility index (Phi) is 3.67. The Morgan fingerprint density at radius 1 is 1.43 bits per heavy atom. The van der Waals surface area contributed by atoms with E-state index in [0.29, 0.717) is 21.6 Å². The summed E-state index contributed by atoms with van der Waals surface area (Å²) >= 11 is 7.49. The first-order valence-electron chi connectivity index (χ1n) is 6.62. The van der Waals surface area contributed by atoms with Gasteiger partial charge in [-0.3, -0.25) is 9.59 Å². The Balaban J connectivity index is 1.97. The first-order chi connectivity index (χ1) is 10.0. The van der Waals surface area contributed by atoms with E-state index < -0.39 is 5.41 Å². The topological polar surface area (TPSA) is 84.6 Å². The van der Waals surface area contributed by atoms with Crippen molar-refractivity contribution >= 4 is 46.0 Å². The highest BCUT2D eigenvalue weighted by molar-refractivity contribution is 8.15. The third kappa shape index (κ3) is 2.53. The summed E-state index contributed by atoms with van der Waals surface area (Å²) < 4.78 is 0. The molecule has 1 aromatic rings. The van der Waals surface area contributed by atoms with Crippen molar-refractivity contribution in [2.24, 2.45) is 10.7 Å². The summed E-state index contributed by atoms with van der Waals surface area (Å²) in [6.07, 6.45) is 2.50. The Hall–Kier alpha value is -1.53. The lowest BCUT2D eigenvalue weighted by Crippen LogP contribution is -2.46. The Morgan fingerprint density at radius 3 is 2.71 bits per heavy atom. The number of amidine groups is 1. The summed E-state index contributed by atoms with van der Waals surface area (Å²) in [4.78, 5) is 27.3. The van der Waals surface area contributed by atoms with Crippen LogP contribution in [-0.2, 0) is 15.0 Å². The molecule has 5 nitrogen and oxygen atoms in total. The molecule has 0 unspecified atom stereocenters. The third-order valence-electron chi connectivity index (χ3n) is 3.99. The quantitative estimate of drug-likeness (QED) is 0.893. The zero-order chi connectivity index (χ0) is 15.0. The molecule has 2 aliphatic rings. The molecule has 0 atom stereocenters. The highest BCUT2D eigenvalue weighted by Crippen LogP contribution is 2.45. The second kappa shape index (κ2) is 5.35. The van der Waals surface area contributed by atoms with Crippen molar-refractivity contribution < 1.29 is 9.59 Å². The van der Waals surface area contributed by atoms with E-state index in [1.54, 1.807) is 12.1 Å². The van der Waals surface area contributed by atoms with Crippen LogP contribution in [0.1, 0.15) is 24.8 Å². The Labute approximate surface area is 131 Å². The Bertz CT molecular complexity index is 656. The lowest BCUT2D eigenvalue weighted by molar-refractivity contribution is -0.126. The minimum atomic E-state index is -0.592. The van der Waals surface area contributed by atoms with Crippen LogP contribution in [0.5, 0.6) is 0 Å². The van der Waals surface area contributed by atoms with Gasteiger partial charge in [-0.1, -0.05) is 35.9 Å². The van der Waals surface area contributed by atoms with Gasteiger partial charge in [0.05, 0.1) is 21.9 Å². The number of amides is 2. The zero-order valence-electron chi connectivity index (χ0n) is 11.2. The molecule has 1 saturated carbocycles. The number of nitrogens with two attached hydrogens (primary N) is 1. The summed E-state index contributed by atoms with van der Waals surface area (Å²) in [7, 11) is 0. The third-order valence-corrected chi connectivity index (χ3v) is 5.18. The SMILES string of the molecule is NC(=O)C1(c2ccc(Cl)c(N=C3NC(=O)CS3)c2)CCC1. The molecule has 2 amide bonds. The van der Waals surface area contributed by atoms with Gasteiger partial charge in [0.1, 0.15) is 0 Å². The van der Waals surface area contributed by atoms with Crippen molar-refractivity contribution in [3.63, 3.8) is 0 Å². The molecule has 21 heavy (non-hydrogen) atoms. The molecule has 1 saturated heterocycles. The predicted octanol–water partition coefficient (Wildman–Crippen LogP) is 2.10. The van der Waals surface area contributed by atoms with Crippen molar-refractivity contribution in [3.05, 3.63) is 28.8 Å². The molecule has 1 aliphatic carbocycles. The van der Waals surface area contributed by atoms with Crippen molar-refractivity contribution in [1.82, 2.24) is 5.32 Å². The van der Waals surface area contributed by atoms with E-state index in [0.717, 1.165) is 24.8 Å². The molecule has 0 bridgehead atoms. The van der Waals surface area contributed by atoms with Gasteiger partial charge in [-0.25, -0.2) is 4.99 Å². The molecule has 2 fully saturated rings. The van der Waals surface area contributed by atoms with Crippen molar-refractivity contribution in [2.75, 3.05) is 5.75 Å². The highest BCUT2D eigenvalue weighted by Gasteiger charge is 2.44. The first-order valence-corrected chi connectivity index (χ1v) is 7.99. The van der Waals surface area contributed by atoms with Crippen LogP contribution in [0.25, 0.3) is 0 Å². The second-order valence-electron chi connectivity index (χ2n) is 5.22. The fraction of sp³-hybridized carbons (Fsp3) is 0.357. The number of rotatable bonds is 3. The molecule has 3 rings (SSSR count). The number of halogens is 1. The summed E-state index contributed by atoms with van der Waals surface area (Å²) in [5.41, 5.74) is 6.37. The molecule has 110 valence electrons. The number of nitrogens with zero attached hydrogens (tertiary/aromatic N) is 1. The number of primary amides is 1. The summed E-state index contributed by atoms with van der Waals surface area (Å²) in [5.74, 6) is -0.0155. The fourth-order valence-electron chi connectivity index (χ4n) is 2.60. The number of nitrogens with one attached hydrogen (secondary N) is 1. The average molecular weight is 324 g/mol. The largest absolute Gasteiger partial charge is 0.369 e. The lowest BCUT2D eigenvalue weighted by Gasteiger charge is -2.39. The van der Waals surface area contributed by atoms with E-state index in [1.165, 1.54) is 11.8 Å². The first kappa shape index (κ1) is 14.4. The minimum Gasteiger partial charge on any atom is -0.369 e. The van der Waals surface area contributed by atoms with E-state index in [4.69, 9.17) is 17.3 Å². The average Bonchev–Trinajstić information content (AvgIpc) is 2.77. The number of aliphatic imine (C=N–C) groups is 1. The van der Waals surface area contributed by atoms with Gasteiger partial charge in [-0.2, -0.15) is 0 Å². The van der Waals surface area contributed by atoms with Crippen LogP contribution >= 0.6 is 23.4 Å². The zero-order valence-corrected chi connectivity index (χ0v) is 12.8. The molecule has 0 spiro atoms. The van der Waals surface area contributed by atoms with Gasteiger partial charge in [0.25, 0.3) is 0 Å². The van der Waals surface area contributed by atoms with Crippen LogP contribution < -0.4 is 11.1 Å². The number of hydrogen-bond acceptors (Lipinski definition) is 4. The Morgan fingerprint density at radius 2 is 2.19 bits per heavy atom. The maximum Gasteiger partial charge on any atom is 0.236 e. The molecule has 1 aromatic carbocycles. The monoisotopic (exact) mass is 323 g/mol. The lowest BCUT2D eigenvalue weighted by atomic mass is 9.64. The van der Waals surface area contributed by atoms with Gasteiger partial charge < -0.3 is 11.1 Å². The van der Waals surface area contributed by atoms with E-state index in [1.807, 2.05) is 6.07 Å². The van der Waals surface area contributed by atoms with Gasteiger partial charge in [-0.05, 0) is 30.5 Å². The van der Waals surface area contributed by atoms with Crippen LogP contribution in [-0.4, -0.2) is 22.7 Å². The summed E-state index contributed by atoms with van der Waals surface area (Å²) in [6.45, 7) is 0. The number of benzene rings is 1. The summed E-state index contributed by atoms with van der Waals surface area (Å²) in [6, 6.07) is 5.35. The number of thioether (sulfide) groups is 1. The summed E-state index contributed by atoms with van der Waals surface area (Å²) in [5, 5.41) is 3.67. The van der Waals surface area contributed by atoms with Crippen LogP contribution in [0.4, 0.5) is 5.69 Å². The molecular weight excluding hydrogens is 310 g/mol. The van der Waals surface area contributed by atoms with Gasteiger partial charge >= 0.3 is 0 Å². The number of carbonyl (C=O) groups excluding carboxylic acids is 2. The molecule has 1 heterocycles.